The summed E-state index contributed by atoms with van der Waals surface area (Å²) in [6, 6.07) is 1.35. The van der Waals surface area contributed by atoms with E-state index >= 15 is 0 Å². The summed E-state index contributed by atoms with van der Waals surface area (Å²) in [7, 11) is 0. The second-order valence-corrected chi connectivity index (χ2v) is 4.67. The third kappa shape index (κ3) is 2.81. The van der Waals surface area contributed by atoms with Crippen LogP contribution < -0.4 is 22.5 Å². The number of carbonyl (C=O) groups excluding carboxylic acids is 1. The van der Waals surface area contributed by atoms with Crippen molar-refractivity contribution in [3.8, 4) is 0 Å². The van der Waals surface area contributed by atoms with Crippen molar-refractivity contribution in [3.63, 3.8) is 0 Å². The monoisotopic (exact) mass is 282 g/mol. The Bertz CT molecular complexity index is 606. The molecule has 0 radical (unpaired) electrons. The van der Waals surface area contributed by atoms with Gasteiger partial charge in [0.15, 0.2) is 0 Å². The summed E-state index contributed by atoms with van der Waals surface area (Å²) in [6.07, 6.45) is 1.65. The highest BCUT2D eigenvalue weighted by molar-refractivity contribution is 5.80. The topological polar surface area (TPSA) is 108 Å². The van der Waals surface area contributed by atoms with Crippen LogP contribution in [0.15, 0.2) is 21.9 Å². The number of hydrogen-bond acceptors (Lipinski definition) is 5. The molecule has 1 aromatic heterocycles. The van der Waals surface area contributed by atoms with Crippen molar-refractivity contribution in [2.24, 2.45) is 5.84 Å². The van der Waals surface area contributed by atoms with Crippen LogP contribution in [-0.2, 0) is 22.6 Å². The first kappa shape index (κ1) is 14.5. The minimum Gasteiger partial charge on any atom is -0.363 e. The zero-order chi connectivity index (χ0) is 14.7. The molecule has 110 valence electrons. The Kier molecular flexibility index (Phi) is 4.35. The molecule has 0 aromatic carbocycles. The van der Waals surface area contributed by atoms with E-state index in [-0.39, 0.29) is 29.8 Å². The van der Waals surface area contributed by atoms with Crippen LogP contribution in [0.25, 0.3) is 0 Å². The maximum absolute atomic E-state index is 12.1. The van der Waals surface area contributed by atoms with Crippen LogP contribution in [0, 0.1) is 0 Å². The third-order valence-electron chi connectivity index (χ3n) is 3.41. The summed E-state index contributed by atoms with van der Waals surface area (Å²) < 4.78 is 8.08. The van der Waals surface area contributed by atoms with Gasteiger partial charge in [0.2, 0.25) is 0 Å². The summed E-state index contributed by atoms with van der Waals surface area (Å²) in [5.74, 6) is 4.66. The quantitative estimate of drug-likeness (QED) is 0.400. The average molecular weight is 282 g/mol. The van der Waals surface area contributed by atoms with Gasteiger partial charge in [0, 0.05) is 18.8 Å². The van der Waals surface area contributed by atoms with Crippen molar-refractivity contribution in [3.05, 3.63) is 33.1 Å². The van der Waals surface area contributed by atoms with Crippen molar-refractivity contribution in [2.75, 3.05) is 0 Å². The number of rotatable bonds is 4. The number of hydrazine groups is 1. The number of aromatic nitrogens is 2. The van der Waals surface area contributed by atoms with E-state index in [1.807, 2.05) is 12.3 Å². The summed E-state index contributed by atoms with van der Waals surface area (Å²) in [5.41, 5.74) is 1.30. The Hall–Kier alpha value is -1.93. The van der Waals surface area contributed by atoms with Gasteiger partial charge in [-0.25, -0.2) is 10.6 Å². The summed E-state index contributed by atoms with van der Waals surface area (Å²) >= 11 is 0. The fraction of sp³-hybridized carbons (Fsp3) is 0.583. The molecule has 2 heterocycles. The molecule has 1 aromatic rings. The van der Waals surface area contributed by atoms with Crippen molar-refractivity contribution in [1.29, 1.82) is 0 Å². The van der Waals surface area contributed by atoms with Crippen molar-refractivity contribution >= 4 is 5.91 Å². The van der Waals surface area contributed by atoms with Crippen LogP contribution >= 0.6 is 0 Å². The molecular formula is C12H18N4O4. The molecule has 3 N–H and O–H groups in total. The van der Waals surface area contributed by atoms with E-state index < -0.39 is 6.10 Å². The van der Waals surface area contributed by atoms with E-state index in [0.29, 0.717) is 19.4 Å². The fourth-order valence-corrected chi connectivity index (χ4v) is 2.29. The number of nitrogens with one attached hydrogen (secondary N) is 1. The molecule has 2 atom stereocenters. The lowest BCUT2D eigenvalue weighted by Crippen LogP contribution is -2.42. The normalized spacial score (nSPS) is 21.9. The van der Waals surface area contributed by atoms with E-state index in [2.05, 4.69) is 0 Å². The van der Waals surface area contributed by atoms with Gasteiger partial charge in [0.25, 0.3) is 11.5 Å². The fourth-order valence-electron chi connectivity index (χ4n) is 2.29. The Labute approximate surface area is 115 Å². The van der Waals surface area contributed by atoms with Gasteiger partial charge in [-0.05, 0) is 19.8 Å². The molecule has 0 aliphatic carbocycles. The zero-order valence-electron chi connectivity index (χ0n) is 11.2. The molecule has 1 aliphatic rings. The van der Waals surface area contributed by atoms with Gasteiger partial charge >= 0.3 is 5.69 Å². The van der Waals surface area contributed by atoms with E-state index in [9.17, 15) is 14.4 Å². The molecule has 0 bridgehead atoms. The number of amides is 1. The highest BCUT2D eigenvalue weighted by Gasteiger charge is 2.30. The van der Waals surface area contributed by atoms with Crippen LogP contribution in [0.2, 0.25) is 0 Å². The Morgan fingerprint density at radius 1 is 1.50 bits per heavy atom. The van der Waals surface area contributed by atoms with Crippen LogP contribution in [0.3, 0.4) is 0 Å². The van der Waals surface area contributed by atoms with Crippen LogP contribution in [0.1, 0.15) is 19.8 Å². The highest BCUT2D eigenvalue weighted by Crippen LogP contribution is 2.20. The first-order valence-corrected chi connectivity index (χ1v) is 6.53. The number of hydrogen-bond donors (Lipinski definition) is 2. The summed E-state index contributed by atoms with van der Waals surface area (Å²) in [6.45, 7) is 2.46. The number of nitrogens with zero attached hydrogens (tertiary/aromatic N) is 2. The third-order valence-corrected chi connectivity index (χ3v) is 3.41. The van der Waals surface area contributed by atoms with Crippen LogP contribution in [0.5, 0.6) is 0 Å². The molecule has 8 heteroatoms. The maximum atomic E-state index is 12.1. The minimum atomic E-state index is -0.613. The van der Waals surface area contributed by atoms with Gasteiger partial charge < -0.3 is 9.30 Å². The highest BCUT2D eigenvalue weighted by atomic mass is 16.5. The molecule has 2 rings (SSSR count). The van der Waals surface area contributed by atoms with Gasteiger partial charge in [-0.3, -0.25) is 19.6 Å². The molecule has 20 heavy (non-hydrogen) atoms. The van der Waals surface area contributed by atoms with Crippen molar-refractivity contribution in [1.82, 2.24) is 14.6 Å². The molecule has 0 saturated carbocycles. The lowest BCUT2D eigenvalue weighted by Gasteiger charge is -2.14. The average Bonchev–Trinajstić information content (AvgIpc) is 2.91. The number of nitrogens with two attached hydrogens (primary N) is 1. The Morgan fingerprint density at radius 2 is 2.25 bits per heavy atom. The molecule has 1 amide bonds. The van der Waals surface area contributed by atoms with Crippen molar-refractivity contribution in [2.45, 2.75) is 45.1 Å². The first-order valence-electron chi connectivity index (χ1n) is 6.53. The molecule has 1 saturated heterocycles. The van der Waals surface area contributed by atoms with E-state index in [1.54, 1.807) is 0 Å². The van der Waals surface area contributed by atoms with Gasteiger partial charge in [-0.15, -0.1) is 0 Å². The molecule has 1 fully saturated rings. The summed E-state index contributed by atoms with van der Waals surface area (Å²) in [4.78, 5) is 35.2. The molecular weight excluding hydrogens is 264 g/mol. The van der Waals surface area contributed by atoms with Crippen LogP contribution in [-0.4, -0.2) is 27.2 Å². The Morgan fingerprint density at radius 3 is 2.90 bits per heavy atom. The Balaban J connectivity index is 2.14. The van der Waals surface area contributed by atoms with Gasteiger partial charge in [0.1, 0.15) is 6.10 Å². The lowest BCUT2D eigenvalue weighted by molar-refractivity contribution is -0.132. The summed E-state index contributed by atoms with van der Waals surface area (Å²) in [5, 5.41) is 0. The van der Waals surface area contributed by atoms with Crippen molar-refractivity contribution < 1.29 is 9.53 Å². The zero-order valence-corrected chi connectivity index (χ0v) is 11.2. The van der Waals surface area contributed by atoms with E-state index in [0.717, 1.165) is 4.57 Å². The van der Waals surface area contributed by atoms with Gasteiger partial charge in [-0.2, -0.15) is 0 Å². The van der Waals surface area contributed by atoms with E-state index in [1.165, 1.54) is 16.8 Å². The standard InChI is InChI=1S/C12H18N4O4/c1-2-15-6-5-10(17)16(12(15)19)7-8-3-4-9(20-8)11(18)14-13/h5-6,8-9H,2-4,7,13H2,1H3,(H,14,18). The first-order chi connectivity index (χ1) is 9.56. The number of carbonyl (C=O) groups is 1. The lowest BCUT2D eigenvalue weighted by atomic mass is 10.2. The SMILES string of the molecule is CCn1ccc(=O)n(CC2CCC(C(=O)NN)O2)c1=O. The smallest absolute Gasteiger partial charge is 0.331 e. The molecule has 0 spiro atoms. The van der Waals surface area contributed by atoms with E-state index in [4.69, 9.17) is 10.6 Å². The maximum Gasteiger partial charge on any atom is 0.331 e. The predicted octanol–water partition coefficient (Wildman–Crippen LogP) is -1.43. The minimum absolute atomic E-state index is 0.146. The predicted molar refractivity (Wildman–Crippen MR) is 70.9 cm³/mol. The number of aryl methyl sites for hydroxylation is 1. The molecule has 1 aliphatic heterocycles. The number of ether oxygens (including phenoxy) is 1. The second-order valence-electron chi connectivity index (χ2n) is 4.67. The largest absolute Gasteiger partial charge is 0.363 e. The molecule has 2 unspecified atom stereocenters. The van der Waals surface area contributed by atoms with Crippen LogP contribution in [0.4, 0.5) is 0 Å². The van der Waals surface area contributed by atoms with Gasteiger partial charge in [-0.1, -0.05) is 0 Å². The molecule has 8 nitrogen and oxygen atoms in total. The second kappa shape index (κ2) is 6.02. The van der Waals surface area contributed by atoms with Gasteiger partial charge in [0.05, 0.1) is 12.6 Å².